The Morgan fingerprint density at radius 3 is 2.41 bits per heavy atom. The van der Waals surface area contributed by atoms with E-state index in [1.807, 2.05) is 59.5 Å². The topological polar surface area (TPSA) is 77.5 Å². The van der Waals surface area contributed by atoms with Crippen LogP contribution in [0.3, 0.4) is 0 Å². The Labute approximate surface area is 171 Å². The number of amides is 1. The fourth-order valence-corrected chi connectivity index (χ4v) is 4.00. The lowest BCUT2D eigenvalue weighted by atomic mass is 9.88. The highest BCUT2D eigenvalue weighted by Gasteiger charge is 2.39. The summed E-state index contributed by atoms with van der Waals surface area (Å²) in [4.78, 5) is 14.6. The van der Waals surface area contributed by atoms with E-state index in [-0.39, 0.29) is 11.4 Å². The van der Waals surface area contributed by atoms with Crippen molar-refractivity contribution in [3.05, 3.63) is 65.7 Å². The monoisotopic (exact) mass is 392 g/mol. The molecule has 1 spiro atoms. The minimum atomic E-state index is -0.0382. The van der Waals surface area contributed by atoms with E-state index in [0.717, 1.165) is 55.8 Å². The number of carbonyl (C=O) groups excluding carboxylic acids is 1. The van der Waals surface area contributed by atoms with Crippen molar-refractivity contribution in [2.24, 2.45) is 0 Å². The summed E-state index contributed by atoms with van der Waals surface area (Å²) < 4.78 is 5.82. The van der Waals surface area contributed by atoms with Gasteiger partial charge in [0, 0.05) is 26.1 Å². The van der Waals surface area contributed by atoms with Gasteiger partial charge in [-0.05, 0) is 42.5 Å². The smallest absolute Gasteiger partial charge is 0.222 e. The first-order chi connectivity index (χ1) is 14.1. The van der Waals surface area contributed by atoms with Gasteiger partial charge in [-0.15, -0.1) is 0 Å². The van der Waals surface area contributed by atoms with Gasteiger partial charge < -0.3 is 20.3 Å². The van der Waals surface area contributed by atoms with E-state index < -0.39 is 0 Å². The summed E-state index contributed by atoms with van der Waals surface area (Å²) in [6.07, 6.45) is 3.05. The van der Waals surface area contributed by atoms with Crippen LogP contribution in [-0.2, 0) is 17.8 Å². The molecule has 0 aromatic heterocycles. The van der Waals surface area contributed by atoms with Crippen molar-refractivity contribution in [1.29, 1.82) is 5.41 Å². The Kier molecular flexibility index (Phi) is 5.69. The molecule has 2 fully saturated rings. The summed E-state index contributed by atoms with van der Waals surface area (Å²) in [7, 11) is 0. The van der Waals surface area contributed by atoms with Crippen molar-refractivity contribution in [1.82, 2.24) is 15.5 Å². The van der Waals surface area contributed by atoms with Crippen LogP contribution in [0.15, 0.2) is 54.6 Å². The lowest BCUT2D eigenvalue weighted by Crippen LogP contribution is -2.53. The number of carbonyl (C=O) groups is 1. The van der Waals surface area contributed by atoms with Crippen molar-refractivity contribution >= 4 is 11.9 Å². The second-order valence-corrected chi connectivity index (χ2v) is 7.93. The fraction of sp³-hybridized carbons (Fsp3) is 0.391. The predicted octanol–water partition coefficient (Wildman–Crippen LogP) is 2.69. The number of piperidine rings is 1. The molecular weight excluding hydrogens is 364 g/mol. The van der Waals surface area contributed by atoms with Crippen LogP contribution < -0.4 is 15.4 Å². The largest absolute Gasteiger partial charge is 0.489 e. The van der Waals surface area contributed by atoms with Crippen LogP contribution in [0.2, 0.25) is 0 Å². The zero-order valence-corrected chi connectivity index (χ0v) is 16.6. The van der Waals surface area contributed by atoms with Crippen molar-refractivity contribution in [3.8, 4) is 5.75 Å². The lowest BCUT2D eigenvalue weighted by molar-refractivity contribution is -0.132. The van der Waals surface area contributed by atoms with Gasteiger partial charge in [-0.25, -0.2) is 0 Å². The van der Waals surface area contributed by atoms with E-state index in [1.54, 1.807) is 0 Å². The molecule has 2 saturated heterocycles. The maximum absolute atomic E-state index is 12.6. The van der Waals surface area contributed by atoms with Crippen LogP contribution in [0.4, 0.5) is 0 Å². The first kappa shape index (κ1) is 19.3. The van der Waals surface area contributed by atoms with Crippen molar-refractivity contribution in [3.63, 3.8) is 0 Å². The van der Waals surface area contributed by atoms with Crippen molar-refractivity contribution < 1.29 is 9.53 Å². The number of nitrogens with zero attached hydrogens (tertiary/aromatic N) is 1. The summed E-state index contributed by atoms with van der Waals surface area (Å²) in [6, 6.07) is 18.1. The summed E-state index contributed by atoms with van der Waals surface area (Å²) in [5, 5.41) is 14.0. The summed E-state index contributed by atoms with van der Waals surface area (Å²) in [5.41, 5.74) is 2.25. The predicted molar refractivity (Wildman–Crippen MR) is 113 cm³/mol. The van der Waals surface area contributed by atoms with Gasteiger partial charge in [0.15, 0.2) is 5.96 Å². The molecule has 6 heteroatoms. The van der Waals surface area contributed by atoms with E-state index in [1.165, 1.54) is 0 Å². The second-order valence-electron chi connectivity index (χ2n) is 7.93. The van der Waals surface area contributed by atoms with Crippen LogP contribution in [0.1, 0.15) is 30.4 Å². The molecule has 2 aliphatic rings. The number of ether oxygens (including phenoxy) is 1. The highest BCUT2D eigenvalue weighted by Crippen LogP contribution is 2.25. The number of guanidine groups is 1. The molecule has 0 aliphatic carbocycles. The van der Waals surface area contributed by atoms with Gasteiger partial charge in [-0.1, -0.05) is 42.5 Å². The third-order valence-electron chi connectivity index (χ3n) is 5.87. The molecule has 2 heterocycles. The Morgan fingerprint density at radius 2 is 1.76 bits per heavy atom. The number of rotatable bonds is 6. The van der Waals surface area contributed by atoms with Gasteiger partial charge in [-0.2, -0.15) is 0 Å². The maximum atomic E-state index is 12.6. The number of nitrogens with one attached hydrogen (secondary N) is 3. The SMILES string of the molecule is N=C1NCC2(CCN(C(=O)CCc3ccc(OCc4ccccc4)cc3)CC2)N1. The lowest BCUT2D eigenvalue weighted by Gasteiger charge is -2.38. The molecule has 0 atom stereocenters. The minimum absolute atomic E-state index is 0.0382. The minimum Gasteiger partial charge on any atom is -0.489 e. The number of hydrogen-bond acceptors (Lipinski definition) is 3. The average molecular weight is 393 g/mol. The molecule has 1 amide bonds. The average Bonchev–Trinajstić information content (AvgIpc) is 3.12. The molecule has 4 rings (SSSR count). The second kappa shape index (κ2) is 8.55. The highest BCUT2D eigenvalue weighted by atomic mass is 16.5. The van der Waals surface area contributed by atoms with E-state index >= 15 is 0 Å². The van der Waals surface area contributed by atoms with Gasteiger partial charge in [-0.3, -0.25) is 10.2 Å². The molecule has 3 N–H and O–H groups in total. The van der Waals surface area contributed by atoms with Gasteiger partial charge in [0.05, 0.1) is 5.54 Å². The first-order valence-corrected chi connectivity index (χ1v) is 10.3. The first-order valence-electron chi connectivity index (χ1n) is 10.3. The fourth-order valence-electron chi connectivity index (χ4n) is 4.00. The highest BCUT2D eigenvalue weighted by molar-refractivity contribution is 5.80. The molecule has 2 aromatic carbocycles. The van der Waals surface area contributed by atoms with Gasteiger partial charge >= 0.3 is 0 Å². The van der Waals surface area contributed by atoms with Crippen molar-refractivity contribution in [2.75, 3.05) is 19.6 Å². The van der Waals surface area contributed by atoms with Gasteiger partial charge in [0.2, 0.25) is 5.91 Å². The zero-order valence-electron chi connectivity index (χ0n) is 16.6. The van der Waals surface area contributed by atoms with Crippen LogP contribution in [-0.4, -0.2) is 41.9 Å². The summed E-state index contributed by atoms with van der Waals surface area (Å²) in [6.45, 7) is 2.85. The molecule has 0 saturated carbocycles. The molecule has 152 valence electrons. The normalized spacial score (nSPS) is 17.7. The van der Waals surface area contributed by atoms with Crippen LogP contribution in [0.25, 0.3) is 0 Å². The van der Waals surface area contributed by atoms with E-state index in [4.69, 9.17) is 10.1 Å². The Balaban J connectivity index is 1.21. The Hall–Kier alpha value is -3.02. The number of benzene rings is 2. The molecule has 29 heavy (non-hydrogen) atoms. The molecule has 0 bridgehead atoms. The third kappa shape index (κ3) is 4.88. The maximum Gasteiger partial charge on any atom is 0.222 e. The molecule has 2 aliphatic heterocycles. The third-order valence-corrected chi connectivity index (χ3v) is 5.87. The standard InChI is InChI=1S/C23H28N4O2/c24-22-25-17-23(26-22)12-14-27(15-13-23)21(28)11-8-18-6-9-20(10-7-18)29-16-19-4-2-1-3-5-19/h1-7,9-10H,8,11-17H2,(H3,24,25,26). The Bertz CT molecular complexity index is 843. The van der Waals surface area contributed by atoms with Gasteiger partial charge in [0.25, 0.3) is 0 Å². The molecule has 6 nitrogen and oxygen atoms in total. The number of hydrogen-bond donors (Lipinski definition) is 3. The molecule has 0 unspecified atom stereocenters. The van der Waals surface area contributed by atoms with Crippen LogP contribution >= 0.6 is 0 Å². The summed E-state index contributed by atoms with van der Waals surface area (Å²) >= 11 is 0. The zero-order chi connectivity index (χ0) is 20.1. The summed E-state index contributed by atoms with van der Waals surface area (Å²) in [5.74, 6) is 1.46. The van der Waals surface area contributed by atoms with Crippen molar-refractivity contribution in [2.45, 2.75) is 37.8 Å². The van der Waals surface area contributed by atoms with Gasteiger partial charge in [0.1, 0.15) is 12.4 Å². The Morgan fingerprint density at radius 1 is 1.03 bits per heavy atom. The number of likely N-dealkylation sites (tertiary alicyclic amines) is 1. The van der Waals surface area contributed by atoms with Crippen LogP contribution in [0, 0.1) is 5.41 Å². The van der Waals surface area contributed by atoms with E-state index in [2.05, 4.69) is 10.6 Å². The quantitative estimate of drug-likeness (QED) is 0.706. The van der Waals surface area contributed by atoms with Crippen LogP contribution in [0.5, 0.6) is 5.75 Å². The number of aryl methyl sites for hydroxylation is 1. The van der Waals surface area contributed by atoms with E-state index in [0.29, 0.717) is 19.0 Å². The molecule has 0 radical (unpaired) electrons. The molecular formula is C23H28N4O2. The van der Waals surface area contributed by atoms with E-state index in [9.17, 15) is 4.79 Å². The molecule has 2 aromatic rings.